The molecule has 0 radical (unpaired) electrons. The molecule has 2 aromatic heterocycles. The summed E-state index contributed by atoms with van der Waals surface area (Å²) in [4.78, 5) is 17.6. The van der Waals surface area contributed by atoms with Crippen molar-refractivity contribution in [2.45, 2.75) is 6.54 Å². The zero-order valence-corrected chi connectivity index (χ0v) is 9.42. The van der Waals surface area contributed by atoms with Gasteiger partial charge < -0.3 is 10.6 Å². The maximum atomic E-state index is 12.0. The Morgan fingerprint density at radius 3 is 3.06 bits per heavy atom. The molecule has 0 aliphatic rings. The first-order chi connectivity index (χ1) is 8.18. The molecule has 3 N–H and O–H groups in total. The number of aromatic amines is 1. The Kier molecular flexibility index (Phi) is 3.04. The van der Waals surface area contributed by atoms with E-state index in [2.05, 4.69) is 15.2 Å². The molecule has 0 aliphatic heterocycles. The molecular weight excluding hydrogens is 218 g/mol. The van der Waals surface area contributed by atoms with E-state index in [1.54, 1.807) is 42.7 Å². The summed E-state index contributed by atoms with van der Waals surface area (Å²) in [6.45, 7) is 0.464. The predicted molar refractivity (Wildman–Crippen MR) is 63.0 cm³/mol. The Morgan fingerprint density at radius 1 is 1.59 bits per heavy atom. The molecule has 0 saturated carbocycles. The summed E-state index contributed by atoms with van der Waals surface area (Å²) < 4.78 is 0. The summed E-state index contributed by atoms with van der Waals surface area (Å²) in [5, 5.41) is 6.52. The number of anilines is 1. The van der Waals surface area contributed by atoms with Gasteiger partial charge in [0.15, 0.2) is 5.69 Å². The molecule has 0 unspecified atom stereocenters. The third-order valence-electron chi connectivity index (χ3n) is 2.36. The highest BCUT2D eigenvalue weighted by atomic mass is 16.2. The number of nitrogens with one attached hydrogen (secondary N) is 1. The molecule has 17 heavy (non-hydrogen) atoms. The van der Waals surface area contributed by atoms with Gasteiger partial charge in [-0.05, 0) is 12.1 Å². The summed E-state index contributed by atoms with van der Waals surface area (Å²) in [5.74, 6) is -0.204. The van der Waals surface area contributed by atoms with Crippen LogP contribution in [0.25, 0.3) is 0 Å². The van der Waals surface area contributed by atoms with Crippen molar-refractivity contribution >= 4 is 11.6 Å². The van der Waals surface area contributed by atoms with Gasteiger partial charge in [-0.3, -0.25) is 9.89 Å². The highest BCUT2D eigenvalue weighted by molar-refractivity contribution is 5.96. The number of hydrogen-bond acceptors (Lipinski definition) is 4. The van der Waals surface area contributed by atoms with E-state index in [1.165, 1.54) is 0 Å². The van der Waals surface area contributed by atoms with Gasteiger partial charge in [0, 0.05) is 31.5 Å². The highest BCUT2D eigenvalue weighted by Gasteiger charge is 2.16. The van der Waals surface area contributed by atoms with Crippen molar-refractivity contribution in [2.75, 3.05) is 12.8 Å². The van der Waals surface area contributed by atoms with Crippen LogP contribution in [0.4, 0.5) is 5.69 Å². The minimum atomic E-state index is -0.204. The van der Waals surface area contributed by atoms with Gasteiger partial charge in [-0.15, -0.1) is 0 Å². The zero-order valence-electron chi connectivity index (χ0n) is 9.42. The second-order valence-electron chi connectivity index (χ2n) is 3.71. The van der Waals surface area contributed by atoms with E-state index in [0.717, 1.165) is 5.56 Å². The number of rotatable bonds is 3. The lowest BCUT2D eigenvalue weighted by molar-refractivity contribution is 0.0780. The van der Waals surface area contributed by atoms with Crippen LogP contribution in [0.5, 0.6) is 0 Å². The van der Waals surface area contributed by atoms with Crippen molar-refractivity contribution in [3.63, 3.8) is 0 Å². The lowest BCUT2D eigenvalue weighted by atomic mass is 10.2. The highest BCUT2D eigenvalue weighted by Crippen LogP contribution is 2.11. The third-order valence-corrected chi connectivity index (χ3v) is 2.36. The average Bonchev–Trinajstić information content (AvgIpc) is 2.81. The van der Waals surface area contributed by atoms with Crippen LogP contribution in [-0.4, -0.2) is 33.0 Å². The number of carbonyl (C=O) groups is 1. The molecule has 6 heteroatoms. The number of H-pyrrole nitrogens is 1. The van der Waals surface area contributed by atoms with E-state index in [-0.39, 0.29) is 11.6 Å². The first-order valence-electron chi connectivity index (χ1n) is 5.12. The second kappa shape index (κ2) is 4.65. The number of hydrogen-bond donors (Lipinski definition) is 2. The quantitative estimate of drug-likeness (QED) is 0.812. The van der Waals surface area contributed by atoms with Gasteiger partial charge in [0.05, 0.1) is 11.9 Å². The average molecular weight is 231 g/mol. The molecule has 0 aliphatic carbocycles. The molecule has 0 bridgehead atoms. The number of pyridine rings is 1. The summed E-state index contributed by atoms with van der Waals surface area (Å²) in [6.07, 6.45) is 4.96. The monoisotopic (exact) mass is 231 g/mol. The minimum Gasteiger partial charge on any atom is -0.397 e. The minimum absolute atomic E-state index is 0.204. The van der Waals surface area contributed by atoms with Gasteiger partial charge in [0.2, 0.25) is 0 Å². The number of aromatic nitrogens is 3. The number of amides is 1. The molecule has 1 amide bonds. The first-order valence-corrected chi connectivity index (χ1v) is 5.12. The predicted octanol–water partition coefficient (Wildman–Crippen LogP) is 0.659. The number of nitrogens with two attached hydrogens (primary N) is 1. The van der Waals surface area contributed by atoms with Crippen molar-refractivity contribution in [3.8, 4) is 0 Å². The molecule has 2 heterocycles. The number of nitrogen functional groups attached to an aromatic ring is 1. The fraction of sp³-hybridized carbons (Fsp3) is 0.182. The molecule has 2 aromatic rings. The van der Waals surface area contributed by atoms with Crippen LogP contribution in [0.15, 0.2) is 30.7 Å². The van der Waals surface area contributed by atoms with Crippen molar-refractivity contribution in [3.05, 3.63) is 42.0 Å². The number of nitrogens with zero attached hydrogens (tertiary/aromatic N) is 3. The second-order valence-corrected chi connectivity index (χ2v) is 3.71. The Labute approximate surface area is 98.5 Å². The fourth-order valence-electron chi connectivity index (χ4n) is 1.49. The lowest BCUT2D eigenvalue weighted by Gasteiger charge is -2.16. The maximum Gasteiger partial charge on any atom is 0.274 e. The largest absolute Gasteiger partial charge is 0.397 e. The van der Waals surface area contributed by atoms with E-state index in [4.69, 9.17) is 5.73 Å². The molecule has 0 saturated heterocycles. The van der Waals surface area contributed by atoms with E-state index < -0.39 is 0 Å². The molecule has 2 rings (SSSR count). The van der Waals surface area contributed by atoms with E-state index in [9.17, 15) is 4.79 Å². The van der Waals surface area contributed by atoms with Gasteiger partial charge in [0.25, 0.3) is 5.91 Å². The number of carbonyl (C=O) groups excluding carboxylic acids is 1. The van der Waals surface area contributed by atoms with Crippen LogP contribution in [-0.2, 0) is 6.54 Å². The normalized spacial score (nSPS) is 10.2. The molecular formula is C11H13N5O. The van der Waals surface area contributed by atoms with Crippen molar-refractivity contribution in [2.24, 2.45) is 0 Å². The Morgan fingerprint density at radius 2 is 2.41 bits per heavy atom. The molecule has 0 atom stereocenters. The van der Waals surface area contributed by atoms with Crippen LogP contribution in [0.1, 0.15) is 16.1 Å². The Bertz CT molecular complexity index is 508. The fourth-order valence-corrected chi connectivity index (χ4v) is 1.49. The standard InChI is InChI=1S/C11H13N5O/c1-16(7-8-5-14-15-6-8)11(17)10-9(12)3-2-4-13-10/h2-6H,7,12H2,1H3,(H,14,15). The van der Waals surface area contributed by atoms with Gasteiger partial charge in [-0.25, -0.2) is 4.98 Å². The van der Waals surface area contributed by atoms with Crippen molar-refractivity contribution in [1.82, 2.24) is 20.1 Å². The van der Waals surface area contributed by atoms with Crippen LogP contribution in [0, 0.1) is 0 Å². The SMILES string of the molecule is CN(Cc1cn[nH]c1)C(=O)c1ncccc1N. The van der Waals surface area contributed by atoms with Crippen LogP contribution >= 0.6 is 0 Å². The van der Waals surface area contributed by atoms with Crippen LogP contribution < -0.4 is 5.73 Å². The zero-order chi connectivity index (χ0) is 12.3. The van der Waals surface area contributed by atoms with Gasteiger partial charge in [0.1, 0.15) is 0 Å². The van der Waals surface area contributed by atoms with Gasteiger partial charge in [-0.1, -0.05) is 0 Å². The first kappa shape index (κ1) is 11.1. The molecule has 0 aromatic carbocycles. The van der Waals surface area contributed by atoms with Crippen molar-refractivity contribution < 1.29 is 4.79 Å². The summed E-state index contributed by atoms with van der Waals surface area (Å²) in [7, 11) is 1.70. The van der Waals surface area contributed by atoms with Crippen LogP contribution in [0.3, 0.4) is 0 Å². The topological polar surface area (TPSA) is 87.9 Å². The van der Waals surface area contributed by atoms with E-state index in [0.29, 0.717) is 12.2 Å². The molecule has 88 valence electrons. The lowest BCUT2D eigenvalue weighted by Crippen LogP contribution is -2.27. The molecule has 6 nitrogen and oxygen atoms in total. The summed E-state index contributed by atoms with van der Waals surface area (Å²) >= 11 is 0. The van der Waals surface area contributed by atoms with E-state index >= 15 is 0 Å². The maximum absolute atomic E-state index is 12.0. The molecule has 0 fully saturated rings. The van der Waals surface area contributed by atoms with E-state index in [1.807, 2.05) is 0 Å². The summed E-state index contributed by atoms with van der Waals surface area (Å²) in [5.41, 5.74) is 7.29. The Hall–Kier alpha value is -2.37. The molecule has 0 spiro atoms. The van der Waals surface area contributed by atoms with Crippen molar-refractivity contribution in [1.29, 1.82) is 0 Å². The third kappa shape index (κ3) is 2.41. The summed E-state index contributed by atoms with van der Waals surface area (Å²) in [6, 6.07) is 3.36. The van der Waals surface area contributed by atoms with Gasteiger partial charge >= 0.3 is 0 Å². The Balaban J connectivity index is 2.13. The smallest absolute Gasteiger partial charge is 0.274 e. The van der Waals surface area contributed by atoms with Crippen LogP contribution in [0.2, 0.25) is 0 Å². The van der Waals surface area contributed by atoms with Gasteiger partial charge in [-0.2, -0.15) is 5.10 Å².